The second kappa shape index (κ2) is 4.80. The molecule has 0 aromatic heterocycles. The molecule has 0 spiro atoms. The number of hydrogen-bond donors (Lipinski definition) is 1. The van der Waals surface area contributed by atoms with Crippen LogP contribution in [0.25, 0.3) is 0 Å². The first-order valence-electron chi connectivity index (χ1n) is 5.79. The van der Waals surface area contributed by atoms with Crippen molar-refractivity contribution in [1.82, 2.24) is 10.2 Å². The Morgan fingerprint density at radius 1 is 1.20 bits per heavy atom. The van der Waals surface area contributed by atoms with Gasteiger partial charge in [-0.2, -0.15) is 0 Å². The first kappa shape index (κ1) is 11.4. The maximum atomic E-state index is 11.4. The second-order valence-electron chi connectivity index (χ2n) is 4.66. The van der Waals surface area contributed by atoms with E-state index in [0.29, 0.717) is 11.5 Å². The molecule has 4 nitrogen and oxygen atoms in total. The highest BCUT2D eigenvalue weighted by atomic mass is 32.2. The van der Waals surface area contributed by atoms with Crippen LogP contribution >= 0.6 is 0 Å². The number of hydrogen-bond acceptors (Lipinski definition) is 4. The molecule has 0 amide bonds. The third-order valence-electron chi connectivity index (χ3n) is 3.37. The van der Waals surface area contributed by atoms with Gasteiger partial charge in [0, 0.05) is 6.54 Å². The Morgan fingerprint density at radius 3 is 2.67 bits per heavy atom. The van der Waals surface area contributed by atoms with Crippen LogP contribution < -0.4 is 5.32 Å². The standard InChI is InChI=1S/C10H20N2O2S/c13-15(14)6-1-3-12(5-7-15)4-2-10-8-11-9-10/h10-11H,1-9H2. The largest absolute Gasteiger partial charge is 0.316 e. The molecule has 0 aromatic carbocycles. The molecule has 2 rings (SSSR count). The molecule has 2 heterocycles. The lowest BCUT2D eigenvalue weighted by atomic mass is 9.99. The van der Waals surface area contributed by atoms with Crippen molar-refractivity contribution in [2.24, 2.45) is 5.92 Å². The summed E-state index contributed by atoms with van der Waals surface area (Å²) in [5, 5.41) is 3.26. The Balaban J connectivity index is 1.73. The topological polar surface area (TPSA) is 49.4 Å². The normalized spacial score (nSPS) is 28.3. The zero-order valence-electron chi connectivity index (χ0n) is 9.11. The quantitative estimate of drug-likeness (QED) is 0.727. The molecule has 0 bridgehead atoms. The monoisotopic (exact) mass is 232 g/mol. The van der Waals surface area contributed by atoms with E-state index in [9.17, 15) is 8.42 Å². The number of nitrogens with zero attached hydrogens (tertiary/aromatic N) is 1. The van der Waals surface area contributed by atoms with E-state index in [1.54, 1.807) is 0 Å². The minimum absolute atomic E-state index is 0.357. The van der Waals surface area contributed by atoms with Crippen LogP contribution in [0.4, 0.5) is 0 Å². The van der Waals surface area contributed by atoms with E-state index in [-0.39, 0.29) is 0 Å². The minimum atomic E-state index is -2.74. The molecule has 0 radical (unpaired) electrons. The molecule has 0 unspecified atom stereocenters. The molecule has 2 aliphatic heterocycles. The van der Waals surface area contributed by atoms with Gasteiger partial charge in [0.2, 0.25) is 0 Å². The van der Waals surface area contributed by atoms with Gasteiger partial charge in [-0.3, -0.25) is 0 Å². The maximum Gasteiger partial charge on any atom is 0.151 e. The van der Waals surface area contributed by atoms with E-state index in [1.807, 2.05) is 0 Å². The van der Waals surface area contributed by atoms with E-state index in [1.165, 1.54) is 6.42 Å². The maximum absolute atomic E-state index is 11.4. The molecular formula is C10H20N2O2S. The summed E-state index contributed by atoms with van der Waals surface area (Å²) in [5.41, 5.74) is 0. The molecule has 0 saturated carbocycles. The van der Waals surface area contributed by atoms with Crippen LogP contribution in [0.2, 0.25) is 0 Å². The molecule has 0 aromatic rings. The summed E-state index contributed by atoms with van der Waals surface area (Å²) in [6.45, 7) is 5.06. The predicted octanol–water partition coefficient (Wildman–Crippen LogP) is -0.284. The molecule has 0 aliphatic carbocycles. The van der Waals surface area contributed by atoms with Crippen LogP contribution in [0.1, 0.15) is 12.8 Å². The van der Waals surface area contributed by atoms with Crippen molar-refractivity contribution in [2.75, 3.05) is 44.2 Å². The van der Waals surface area contributed by atoms with E-state index in [4.69, 9.17) is 0 Å². The average Bonchev–Trinajstić information content (AvgIpc) is 2.25. The van der Waals surface area contributed by atoms with Crippen molar-refractivity contribution < 1.29 is 8.42 Å². The predicted molar refractivity (Wildman–Crippen MR) is 60.7 cm³/mol. The van der Waals surface area contributed by atoms with Crippen LogP contribution in [0.15, 0.2) is 0 Å². The molecule has 5 heteroatoms. The Hall–Kier alpha value is -0.130. The Bertz CT molecular complexity index is 299. The van der Waals surface area contributed by atoms with Crippen LogP contribution in [-0.2, 0) is 9.84 Å². The third-order valence-corrected chi connectivity index (χ3v) is 5.08. The summed E-state index contributed by atoms with van der Waals surface area (Å²) in [4.78, 5) is 2.31. The van der Waals surface area contributed by atoms with Gasteiger partial charge in [-0.25, -0.2) is 8.42 Å². The first-order chi connectivity index (χ1) is 7.16. The lowest BCUT2D eigenvalue weighted by Gasteiger charge is -2.29. The smallest absolute Gasteiger partial charge is 0.151 e. The molecule has 2 fully saturated rings. The molecule has 15 heavy (non-hydrogen) atoms. The van der Waals surface area contributed by atoms with Gasteiger partial charge in [0.15, 0.2) is 9.84 Å². The summed E-state index contributed by atoms with van der Waals surface area (Å²) < 4.78 is 22.8. The highest BCUT2D eigenvalue weighted by Crippen LogP contribution is 2.11. The zero-order valence-corrected chi connectivity index (χ0v) is 9.93. The fraction of sp³-hybridized carbons (Fsp3) is 1.00. The van der Waals surface area contributed by atoms with Crippen molar-refractivity contribution in [1.29, 1.82) is 0 Å². The summed E-state index contributed by atoms with van der Waals surface area (Å²) in [6.07, 6.45) is 2.03. The fourth-order valence-electron chi connectivity index (χ4n) is 2.13. The van der Waals surface area contributed by atoms with Gasteiger partial charge >= 0.3 is 0 Å². The lowest BCUT2D eigenvalue weighted by Crippen LogP contribution is -2.43. The van der Waals surface area contributed by atoms with Gasteiger partial charge in [-0.1, -0.05) is 0 Å². The SMILES string of the molecule is O=S1(=O)CCCN(CCC2CNC2)CC1. The van der Waals surface area contributed by atoms with Crippen molar-refractivity contribution in [2.45, 2.75) is 12.8 Å². The van der Waals surface area contributed by atoms with Crippen LogP contribution in [0, 0.1) is 5.92 Å². The van der Waals surface area contributed by atoms with Gasteiger partial charge in [0.1, 0.15) is 0 Å². The highest BCUT2D eigenvalue weighted by Gasteiger charge is 2.21. The molecule has 2 aliphatic rings. The minimum Gasteiger partial charge on any atom is -0.316 e. The van der Waals surface area contributed by atoms with Crippen LogP contribution in [0.3, 0.4) is 0 Å². The highest BCUT2D eigenvalue weighted by molar-refractivity contribution is 7.91. The second-order valence-corrected chi connectivity index (χ2v) is 6.96. The Labute approximate surface area is 91.9 Å². The summed E-state index contributed by atoms with van der Waals surface area (Å²) in [7, 11) is -2.74. The Kier molecular flexibility index (Phi) is 3.64. The molecule has 88 valence electrons. The van der Waals surface area contributed by atoms with E-state index >= 15 is 0 Å². The van der Waals surface area contributed by atoms with E-state index in [0.717, 1.165) is 45.1 Å². The molecule has 1 N–H and O–H groups in total. The van der Waals surface area contributed by atoms with Gasteiger partial charge in [-0.05, 0) is 44.9 Å². The van der Waals surface area contributed by atoms with Crippen LogP contribution in [0.5, 0.6) is 0 Å². The average molecular weight is 232 g/mol. The lowest BCUT2D eigenvalue weighted by molar-refractivity contribution is 0.237. The molecular weight excluding hydrogens is 212 g/mol. The molecule has 0 atom stereocenters. The molecule has 2 saturated heterocycles. The van der Waals surface area contributed by atoms with E-state index in [2.05, 4.69) is 10.2 Å². The summed E-state index contributed by atoms with van der Waals surface area (Å²) in [6, 6.07) is 0. The van der Waals surface area contributed by atoms with Gasteiger partial charge in [0.25, 0.3) is 0 Å². The number of sulfone groups is 1. The summed E-state index contributed by atoms with van der Waals surface area (Å²) in [5.74, 6) is 1.56. The zero-order chi connectivity index (χ0) is 10.7. The first-order valence-corrected chi connectivity index (χ1v) is 7.61. The number of rotatable bonds is 3. The fourth-order valence-corrected chi connectivity index (χ4v) is 3.44. The van der Waals surface area contributed by atoms with Crippen molar-refractivity contribution >= 4 is 9.84 Å². The van der Waals surface area contributed by atoms with E-state index < -0.39 is 9.84 Å². The van der Waals surface area contributed by atoms with Gasteiger partial charge < -0.3 is 10.2 Å². The Morgan fingerprint density at radius 2 is 2.00 bits per heavy atom. The van der Waals surface area contributed by atoms with Crippen molar-refractivity contribution in [3.63, 3.8) is 0 Å². The van der Waals surface area contributed by atoms with Gasteiger partial charge in [-0.15, -0.1) is 0 Å². The number of nitrogens with one attached hydrogen (secondary N) is 1. The van der Waals surface area contributed by atoms with Crippen molar-refractivity contribution in [3.05, 3.63) is 0 Å². The van der Waals surface area contributed by atoms with Gasteiger partial charge in [0.05, 0.1) is 11.5 Å². The third kappa shape index (κ3) is 3.43. The summed E-state index contributed by atoms with van der Waals surface area (Å²) >= 11 is 0. The van der Waals surface area contributed by atoms with Crippen molar-refractivity contribution in [3.8, 4) is 0 Å². The van der Waals surface area contributed by atoms with Crippen LogP contribution in [-0.4, -0.2) is 57.5 Å².